The maximum absolute atomic E-state index is 5.68. The molecule has 0 N–H and O–H groups in total. The summed E-state index contributed by atoms with van der Waals surface area (Å²) in [5.41, 5.74) is 4.23. The molecule has 2 aliphatic heterocycles. The molecule has 4 rings (SSSR count). The van der Waals surface area contributed by atoms with E-state index in [-0.39, 0.29) is 0 Å². The van der Waals surface area contributed by atoms with Gasteiger partial charge in [0.05, 0.1) is 14.2 Å². The number of benzene rings is 1. The molecule has 2 aliphatic rings. The third-order valence-electron chi connectivity index (χ3n) is 5.74. The summed E-state index contributed by atoms with van der Waals surface area (Å²) in [6, 6.07) is 7.14. The van der Waals surface area contributed by atoms with Crippen molar-refractivity contribution < 1.29 is 9.47 Å². The molecule has 0 amide bonds. The first-order valence-corrected chi connectivity index (χ1v) is 10.5. The van der Waals surface area contributed by atoms with Crippen molar-refractivity contribution in [3.8, 4) is 11.5 Å². The average molecular weight is 372 g/mol. The summed E-state index contributed by atoms with van der Waals surface area (Å²) in [7, 11) is 3.55. The van der Waals surface area contributed by atoms with Crippen molar-refractivity contribution in [2.75, 3.05) is 20.8 Å². The highest BCUT2D eigenvalue weighted by molar-refractivity contribution is 7.12. The highest BCUT2D eigenvalue weighted by Gasteiger charge is 2.33. The number of methoxy groups -OCH3 is 2. The summed E-state index contributed by atoms with van der Waals surface area (Å²) in [4.78, 5) is 5.83. The maximum atomic E-state index is 5.68. The number of nitrogens with zero attached hydrogens (tertiary/aromatic N) is 1. The van der Waals surface area contributed by atoms with Gasteiger partial charge in [0, 0.05) is 40.0 Å². The van der Waals surface area contributed by atoms with E-state index in [2.05, 4.69) is 36.9 Å². The van der Waals surface area contributed by atoms with Crippen molar-refractivity contribution in [1.82, 2.24) is 4.90 Å². The Kier molecular flexibility index (Phi) is 4.98. The van der Waals surface area contributed by atoms with Crippen LogP contribution in [0.25, 0.3) is 0 Å². The highest BCUT2D eigenvalue weighted by atomic mass is 32.1. The van der Waals surface area contributed by atoms with E-state index < -0.39 is 0 Å². The highest BCUT2D eigenvalue weighted by Crippen LogP contribution is 2.44. The number of rotatable bonds is 4. The zero-order chi connectivity index (χ0) is 18.3. The SMILES string of the molecule is COc1ccc(OC)c2c1CC[C@H]1c3cc(CC(C)C)sc3CCN1C2. The van der Waals surface area contributed by atoms with E-state index in [0.717, 1.165) is 43.3 Å². The van der Waals surface area contributed by atoms with Crippen LogP contribution in [-0.4, -0.2) is 25.7 Å². The molecular weight excluding hydrogens is 342 g/mol. The van der Waals surface area contributed by atoms with Gasteiger partial charge in [0.2, 0.25) is 0 Å². The summed E-state index contributed by atoms with van der Waals surface area (Å²) < 4.78 is 11.4. The zero-order valence-corrected chi connectivity index (χ0v) is 17.1. The molecule has 0 aliphatic carbocycles. The van der Waals surface area contributed by atoms with Crippen molar-refractivity contribution in [3.63, 3.8) is 0 Å². The monoisotopic (exact) mass is 371 g/mol. The normalized spacial score (nSPS) is 19.5. The second-order valence-corrected chi connectivity index (χ2v) is 9.11. The van der Waals surface area contributed by atoms with E-state index in [0.29, 0.717) is 6.04 Å². The molecule has 3 nitrogen and oxygen atoms in total. The van der Waals surface area contributed by atoms with Crippen molar-refractivity contribution in [1.29, 1.82) is 0 Å². The fourth-order valence-corrected chi connectivity index (χ4v) is 6.00. The van der Waals surface area contributed by atoms with Crippen LogP contribution in [0.5, 0.6) is 11.5 Å². The van der Waals surface area contributed by atoms with Gasteiger partial charge in [-0.2, -0.15) is 0 Å². The quantitative estimate of drug-likeness (QED) is 0.754. The summed E-state index contributed by atoms with van der Waals surface area (Å²) in [6.07, 6.45) is 4.58. The number of hydrogen-bond donors (Lipinski definition) is 0. The summed E-state index contributed by atoms with van der Waals surface area (Å²) in [5, 5.41) is 0. The van der Waals surface area contributed by atoms with Gasteiger partial charge in [-0.15, -0.1) is 11.3 Å². The van der Waals surface area contributed by atoms with Gasteiger partial charge in [-0.3, -0.25) is 4.90 Å². The molecule has 3 heterocycles. The summed E-state index contributed by atoms with van der Waals surface area (Å²) in [5.74, 6) is 2.72. The van der Waals surface area contributed by atoms with Crippen LogP contribution in [0, 0.1) is 5.92 Å². The lowest BCUT2D eigenvalue weighted by Gasteiger charge is -2.34. The van der Waals surface area contributed by atoms with Crippen molar-refractivity contribution in [2.45, 2.75) is 52.1 Å². The first kappa shape index (κ1) is 17.9. The maximum Gasteiger partial charge on any atom is 0.123 e. The molecule has 0 saturated heterocycles. The van der Waals surface area contributed by atoms with Crippen molar-refractivity contribution in [3.05, 3.63) is 44.6 Å². The molecule has 1 aromatic heterocycles. The van der Waals surface area contributed by atoms with Crippen LogP contribution in [0.1, 0.15) is 52.8 Å². The van der Waals surface area contributed by atoms with Crippen molar-refractivity contribution >= 4 is 11.3 Å². The molecule has 4 heteroatoms. The molecule has 0 saturated carbocycles. The zero-order valence-electron chi connectivity index (χ0n) is 16.3. The van der Waals surface area contributed by atoms with Gasteiger partial charge < -0.3 is 9.47 Å². The van der Waals surface area contributed by atoms with Crippen LogP contribution < -0.4 is 9.47 Å². The Balaban J connectivity index is 1.69. The second kappa shape index (κ2) is 7.24. The van der Waals surface area contributed by atoms with Crippen molar-refractivity contribution in [2.24, 2.45) is 5.92 Å². The summed E-state index contributed by atoms with van der Waals surface area (Å²) in [6.45, 7) is 6.71. The Labute approximate surface area is 160 Å². The standard InChI is InChI=1S/C22H29NO2S/c1-14(2)11-15-12-17-19-6-5-16-18(13-23(19)10-9-22(17)26-15)21(25-4)8-7-20(16)24-3/h7-8,12,14,19H,5-6,9-11,13H2,1-4H3/t19-/m0/s1. The van der Waals surface area contributed by atoms with Gasteiger partial charge in [0.25, 0.3) is 0 Å². The Morgan fingerprint density at radius 1 is 1.12 bits per heavy atom. The Morgan fingerprint density at radius 3 is 2.54 bits per heavy atom. The first-order valence-electron chi connectivity index (χ1n) is 9.69. The predicted octanol–water partition coefficient (Wildman–Crippen LogP) is 5.01. The second-order valence-electron chi connectivity index (χ2n) is 7.89. The molecule has 1 atom stereocenters. The van der Waals surface area contributed by atoms with Crippen LogP contribution in [0.3, 0.4) is 0 Å². The molecule has 0 bridgehead atoms. The lowest BCUT2D eigenvalue weighted by atomic mass is 9.94. The lowest BCUT2D eigenvalue weighted by Crippen LogP contribution is -2.33. The molecule has 26 heavy (non-hydrogen) atoms. The largest absolute Gasteiger partial charge is 0.496 e. The van der Waals surface area contributed by atoms with Gasteiger partial charge in [0.15, 0.2) is 0 Å². The smallest absolute Gasteiger partial charge is 0.123 e. The van der Waals surface area contributed by atoms with E-state index in [1.54, 1.807) is 29.5 Å². The molecule has 140 valence electrons. The van der Waals surface area contributed by atoms with E-state index in [1.165, 1.54) is 24.0 Å². The van der Waals surface area contributed by atoms with Crippen LogP contribution in [0.2, 0.25) is 0 Å². The van der Waals surface area contributed by atoms with Gasteiger partial charge in [-0.1, -0.05) is 13.8 Å². The van der Waals surface area contributed by atoms with Crippen LogP contribution in [-0.2, 0) is 25.8 Å². The number of hydrogen-bond acceptors (Lipinski definition) is 4. The van der Waals surface area contributed by atoms with E-state index in [1.807, 2.05) is 11.3 Å². The van der Waals surface area contributed by atoms with Crippen LogP contribution in [0.4, 0.5) is 0 Å². The topological polar surface area (TPSA) is 21.7 Å². The fourth-order valence-electron chi connectivity index (χ4n) is 4.57. The Bertz CT molecular complexity index is 796. The number of fused-ring (bicyclic) bond motifs is 4. The third kappa shape index (κ3) is 3.14. The third-order valence-corrected chi connectivity index (χ3v) is 6.98. The van der Waals surface area contributed by atoms with Gasteiger partial charge >= 0.3 is 0 Å². The molecule has 1 aromatic carbocycles. The number of ether oxygens (including phenoxy) is 2. The molecule has 0 radical (unpaired) electrons. The van der Waals surface area contributed by atoms with E-state index >= 15 is 0 Å². The van der Waals surface area contributed by atoms with E-state index in [9.17, 15) is 0 Å². The minimum Gasteiger partial charge on any atom is -0.496 e. The van der Waals surface area contributed by atoms with Crippen LogP contribution in [0.15, 0.2) is 18.2 Å². The number of thiophene rings is 1. The van der Waals surface area contributed by atoms with Gasteiger partial charge in [0.1, 0.15) is 11.5 Å². The minimum absolute atomic E-state index is 0.526. The first-order chi connectivity index (χ1) is 12.6. The average Bonchev–Trinajstić information content (AvgIpc) is 2.91. The van der Waals surface area contributed by atoms with Gasteiger partial charge in [-0.05, 0) is 55.4 Å². The molecular formula is C22H29NO2S. The predicted molar refractivity (Wildman–Crippen MR) is 108 cm³/mol. The molecule has 0 unspecified atom stereocenters. The summed E-state index contributed by atoms with van der Waals surface area (Å²) >= 11 is 2.05. The molecule has 0 fully saturated rings. The molecule has 0 spiro atoms. The minimum atomic E-state index is 0.526. The fraction of sp³-hybridized carbons (Fsp3) is 0.545. The molecule has 2 aromatic rings. The Hall–Kier alpha value is -1.52. The van der Waals surface area contributed by atoms with Crippen LogP contribution >= 0.6 is 11.3 Å². The Morgan fingerprint density at radius 2 is 1.85 bits per heavy atom. The van der Waals surface area contributed by atoms with Gasteiger partial charge in [-0.25, -0.2) is 0 Å². The lowest BCUT2D eigenvalue weighted by molar-refractivity contribution is 0.174. The van der Waals surface area contributed by atoms with E-state index in [4.69, 9.17) is 9.47 Å².